The van der Waals surface area contributed by atoms with E-state index in [1.54, 1.807) is 24.3 Å². The fourth-order valence-corrected chi connectivity index (χ4v) is 3.39. The summed E-state index contributed by atoms with van der Waals surface area (Å²) in [5.74, 6) is 0.167. The third kappa shape index (κ3) is 3.49. The van der Waals surface area contributed by atoms with E-state index in [1.165, 1.54) is 32.3 Å². The van der Waals surface area contributed by atoms with Gasteiger partial charge in [0.15, 0.2) is 11.5 Å². The van der Waals surface area contributed by atoms with Crippen LogP contribution in [0, 0.1) is 5.82 Å². The lowest BCUT2D eigenvalue weighted by Crippen LogP contribution is -2.41. The molecular formula is C20H21ClFN3O3. The highest BCUT2D eigenvalue weighted by Crippen LogP contribution is 2.39. The van der Waals surface area contributed by atoms with Crippen LogP contribution in [0.15, 0.2) is 35.4 Å². The van der Waals surface area contributed by atoms with Crippen LogP contribution in [-0.2, 0) is 6.42 Å². The zero-order chi connectivity index (χ0) is 20.4. The lowest BCUT2D eigenvalue weighted by atomic mass is 9.93. The number of carbonyl (C=O) groups is 1. The molecule has 6 nitrogen and oxygen atoms in total. The fraction of sp³-hybridized carbons (Fsp3) is 0.300. The van der Waals surface area contributed by atoms with Gasteiger partial charge in [0, 0.05) is 29.3 Å². The Kier molecular flexibility index (Phi) is 5.74. The third-order valence-corrected chi connectivity index (χ3v) is 4.88. The molecule has 1 N–H and O–H groups in total. The summed E-state index contributed by atoms with van der Waals surface area (Å²) < 4.78 is 25.9. The van der Waals surface area contributed by atoms with Gasteiger partial charge in [-0.3, -0.25) is 0 Å². The van der Waals surface area contributed by atoms with Crippen LogP contribution in [0.5, 0.6) is 11.5 Å². The molecule has 1 aliphatic rings. The van der Waals surface area contributed by atoms with Gasteiger partial charge in [0.25, 0.3) is 0 Å². The van der Waals surface area contributed by atoms with Crippen LogP contribution >= 0.6 is 11.6 Å². The molecule has 2 aromatic carbocycles. The van der Waals surface area contributed by atoms with Crippen molar-refractivity contribution in [1.29, 1.82) is 0 Å². The summed E-state index contributed by atoms with van der Waals surface area (Å²) in [7, 11) is 4.45. The molecule has 1 atom stereocenters. The summed E-state index contributed by atoms with van der Waals surface area (Å²) in [6.45, 7) is 1.81. The van der Waals surface area contributed by atoms with Crippen molar-refractivity contribution < 1.29 is 18.7 Å². The number of amides is 2. The van der Waals surface area contributed by atoms with Crippen LogP contribution in [0.2, 0.25) is 5.02 Å². The number of fused-ring (bicyclic) bond motifs is 1. The van der Waals surface area contributed by atoms with Crippen LogP contribution < -0.4 is 14.8 Å². The van der Waals surface area contributed by atoms with Crippen molar-refractivity contribution in [1.82, 2.24) is 10.3 Å². The van der Waals surface area contributed by atoms with Crippen LogP contribution in [0.1, 0.15) is 23.6 Å². The normalized spacial score (nSPS) is 16.0. The molecule has 0 aromatic heterocycles. The number of urea groups is 1. The first kappa shape index (κ1) is 19.9. The highest BCUT2D eigenvalue weighted by molar-refractivity contribution is 6.30. The Bertz CT molecular complexity index is 931. The number of rotatable bonds is 3. The molecule has 2 amide bonds. The summed E-state index contributed by atoms with van der Waals surface area (Å²) in [5, 5.41) is 9.03. The molecule has 148 valence electrons. The molecule has 0 aliphatic carbocycles. The lowest BCUT2D eigenvalue weighted by Gasteiger charge is -2.22. The average Bonchev–Trinajstić information content (AvgIpc) is 2.85. The van der Waals surface area contributed by atoms with E-state index >= 15 is 4.39 Å². The minimum atomic E-state index is -0.445. The van der Waals surface area contributed by atoms with Crippen molar-refractivity contribution in [2.75, 3.05) is 21.3 Å². The molecule has 28 heavy (non-hydrogen) atoms. The molecule has 2 aromatic rings. The number of nitrogens with zero attached hydrogens (tertiary/aromatic N) is 2. The molecule has 0 radical (unpaired) electrons. The smallest absolute Gasteiger partial charge is 0.337 e. The fourth-order valence-electron chi connectivity index (χ4n) is 3.26. The Morgan fingerprint density at radius 1 is 1.29 bits per heavy atom. The van der Waals surface area contributed by atoms with Gasteiger partial charge in [-0.1, -0.05) is 23.7 Å². The summed E-state index contributed by atoms with van der Waals surface area (Å²) >= 11 is 6.02. The second-order valence-corrected chi connectivity index (χ2v) is 6.79. The van der Waals surface area contributed by atoms with E-state index in [1.807, 2.05) is 6.92 Å². The summed E-state index contributed by atoms with van der Waals surface area (Å²) in [6, 6.07) is 7.47. The Morgan fingerprint density at radius 3 is 2.54 bits per heavy atom. The quantitative estimate of drug-likeness (QED) is 0.844. The molecular weight excluding hydrogens is 385 g/mol. The van der Waals surface area contributed by atoms with E-state index in [-0.39, 0.29) is 18.2 Å². The van der Waals surface area contributed by atoms with Crippen molar-refractivity contribution in [2.45, 2.75) is 19.4 Å². The minimum absolute atomic E-state index is 0.251. The van der Waals surface area contributed by atoms with Gasteiger partial charge < -0.3 is 14.8 Å². The maximum Gasteiger partial charge on any atom is 0.337 e. The Morgan fingerprint density at radius 2 is 1.96 bits per heavy atom. The highest BCUT2D eigenvalue weighted by atomic mass is 35.5. The molecule has 0 saturated heterocycles. The van der Waals surface area contributed by atoms with Gasteiger partial charge in [-0.05, 0) is 25.5 Å². The van der Waals surface area contributed by atoms with Crippen molar-refractivity contribution in [3.8, 4) is 11.5 Å². The van der Waals surface area contributed by atoms with Crippen molar-refractivity contribution in [3.63, 3.8) is 0 Å². The Hall–Kier alpha value is -2.80. The third-order valence-electron chi connectivity index (χ3n) is 4.62. The standard InChI is InChI=1S/C20H21ClFN3O3/c1-11-9-14-15(22)10-16(27-3)19(28-4)17(14)18(24-25(11)20(26)23-2)12-5-7-13(21)8-6-12/h5-8,10-11H,9H2,1-4H3,(H,23,26). The largest absolute Gasteiger partial charge is 0.493 e. The van der Waals surface area contributed by atoms with Gasteiger partial charge in [-0.15, -0.1) is 0 Å². The predicted molar refractivity (Wildman–Crippen MR) is 106 cm³/mol. The Labute approximate surface area is 167 Å². The number of hydrogen-bond donors (Lipinski definition) is 1. The number of methoxy groups -OCH3 is 2. The van der Waals surface area contributed by atoms with Gasteiger partial charge in [0.2, 0.25) is 0 Å². The second kappa shape index (κ2) is 8.06. The maximum absolute atomic E-state index is 15.0. The van der Waals surface area contributed by atoms with Crippen LogP contribution in [0.3, 0.4) is 0 Å². The average molecular weight is 406 g/mol. The molecule has 1 unspecified atom stereocenters. The van der Waals surface area contributed by atoms with Gasteiger partial charge in [0.1, 0.15) is 11.5 Å². The molecule has 3 rings (SSSR count). The molecule has 0 saturated carbocycles. The first-order valence-electron chi connectivity index (χ1n) is 8.70. The van der Waals surface area contributed by atoms with Gasteiger partial charge in [-0.2, -0.15) is 5.10 Å². The van der Waals surface area contributed by atoms with Gasteiger partial charge >= 0.3 is 6.03 Å². The highest BCUT2D eigenvalue weighted by Gasteiger charge is 2.32. The molecule has 8 heteroatoms. The monoisotopic (exact) mass is 405 g/mol. The first-order chi connectivity index (χ1) is 13.4. The van der Waals surface area contributed by atoms with E-state index in [2.05, 4.69) is 10.4 Å². The number of hydrogen-bond acceptors (Lipinski definition) is 4. The molecule has 0 fully saturated rings. The number of hydrazone groups is 1. The second-order valence-electron chi connectivity index (χ2n) is 6.36. The molecule has 0 spiro atoms. The number of ether oxygens (including phenoxy) is 2. The maximum atomic E-state index is 15.0. The van der Waals surface area contributed by atoms with Crippen LogP contribution in [0.25, 0.3) is 0 Å². The first-order valence-corrected chi connectivity index (χ1v) is 9.08. The molecule has 1 aliphatic heterocycles. The molecule has 0 bridgehead atoms. The topological polar surface area (TPSA) is 63.2 Å². The van der Waals surface area contributed by atoms with E-state index in [4.69, 9.17) is 21.1 Å². The van der Waals surface area contributed by atoms with Gasteiger partial charge in [-0.25, -0.2) is 14.2 Å². The summed E-state index contributed by atoms with van der Waals surface area (Å²) in [5.41, 5.74) is 1.93. The minimum Gasteiger partial charge on any atom is -0.493 e. The van der Waals surface area contributed by atoms with Crippen LogP contribution in [-0.4, -0.2) is 44.1 Å². The lowest BCUT2D eigenvalue weighted by molar-refractivity contribution is 0.184. The van der Waals surface area contributed by atoms with E-state index < -0.39 is 11.8 Å². The number of benzene rings is 2. The number of halogens is 2. The molecule has 1 heterocycles. The van der Waals surface area contributed by atoms with E-state index in [9.17, 15) is 4.79 Å². The predicted octanol–water partition coefficient (Wildman–Crippen LogP) is 3.83. The van der Waals surface area contributed by atoms with Crippen molar-refractivity contribution in [2.24, 2.45) is 5.10 Å². The van der Waals surface area contributed by atoms with E-state index in [0.717, 1.165) is 0 Å². The number of nitrogens with one attached hydrogen (secondary N) is 1. The van der Waals surface area contributed by atoms with Crippen molar-refractivity contribution >= 4 is 23.3 Å². The summed E-state index contributed by atoms with van der Waals surface area (Å²) in [4.78, 5) is 12.4. The van der Waals surface area contributed by atoms with Gasteiger partial charge in [0.05, 0.1) is 25.8 Å². The Balaban J connectivity index is 2.35. The number of carbonyl (C=O) groups excluding carboxylic acids is 1. The summed E-state index contributed by atoms with van der Waals surface area (Å²) in [6.07, 6.45) is 0.259. The zero-order valence-electron chi connectivity index (χ0n) is 16.0. The van der Waals surface area contributed by atoms with Crippen LogP contribution in [0.4, 0.5) is 9.18 Å². The SMILES string of the molecule is CNC(=O)N1N=C(c2ccc(Cl)cc2)c2c(c(F)cc(OC)c2OC)CC1C. The van der Waals surface area contributed by atoms with Crippen molar-refractivity contribution in [3.05, 3.63) is 57.9 Å². The van der Waals surface area contributed by atoms with E-state index in [0.29, 0.717) is 33.2 Å². The zero-order valence-corrected chi connectivity index (χ0v) is 16.8.